The number of hydrogen-bond donors (Lipinski definition) is 1. The first kappa shape index (κ1) is 12.1. The molecule has 1 saturated carbocycles. The van der Waals surface area contributed by atoms with Gasteiger partial charge in [-0.05, 0) is 45.1 Å². The summed E-state index contributed by atoms with van der Waals surface area (Å²) in [7, 11) is 0. The number of piperidine rings is 1. The van der Waals surface area contributed by atoms with Crippen molar-refractivity contribution in [3.63, 3.8) is 0 Å². The zero-order valence-electron chi connectivity index (χ0n) is 10.9. The summed E-state index contributed by atoms with van der Waals surface area (Å²) in [4.78, 5) is 2.31. The van der Waals surface area contributed by atoms with Crippen LogP contribution in [0.5, 0.6) is 0 Å². The van der Waals surface area contributed by atoms with Gasteiger partial charge in [-0.1, -0.05) is 0 Å². The minimum Gasteiger partial charge on any atom is -0.424 e. The van der Waals surface area contributed by atoms with Gasteiger partial charge in [0.15, 0.2) is 0 Å². The summed E-state index contributed by atoms with van der Waals surface area (Å²) in [6.07, 6.45) is 4.41. The number of aromatic nitrogens is 2. The summed E-state index contributed by atoms with van der Waals surface area (Å²) < 4.78 is 5.68. The van der Waals surface area contributed by atoms with Crippen molar-refractivity contribution >= 4 is 0 Å². The molecule has 1 aromatic heterocycles. The molecule has 0 spiro atoms. The molecule has 0 unspecified atom stereocenters. The van der Waals surface area contributed by atoms with E-state index in [2.05, 4.69) is 15.1 Å². The van der Waals surface area contributed by atoms with E-state index < -0.39 is 0 Å². The fraction of sp³-hybridized carbons (Fsp3) is 0.846. The number of rotatable bonds is 4. The van der Waals surface area contributed by atoms with Gasteiger partial charge in [0.25, 0.3) is 0 Å². The highest BCUT2D eigenvalue weighted by molar-refractivity contribution is 5.00. The van der Waals surface area contributed by atoms with Gasteiger partial charge in [0.2, 0.25) is 11.8 Å². The first-order valence-electron chi connectivity index (χ1n) is 6.95. The minimum absolute atomic E-state index is 0.225. The van der Waals surface area contributed by atoms with Crippen molar-refractivity contribution in [2.24, 2.45) is 5.92 Å². The first-order valence-corrected chi connectivity index (χ1v) is 6.95. The topological polar surface area (TPSA) is 62.4 Å². The van der Waals surface area contributed by atoms with Gasteiger partial charge in [-0.25, -0.2) is 0 Å². The standard InChI is InChI=1S/C13H21N3O2/c1-9(17)11-3-2-6-16(7-11)8-12-14-15-13(18-12)10-4-5-10/h9-11,17H,2-8H2,1H3/t9-,11-/m1/s1. The van der Waals surface area contributed by atoms with Crippen LogP contribution in [0.25, 0.3) is 0 Å². The molecule has 0 amide bonds. The maximum Gasteiger partial charge on any atom is 0.230 e. The highest BCUT2D eigenvalue weighted by atomic mass is 16.4. The lowest BCUT2D eigenvalue weighted by Crippen LogP contribution is -2.39. The summed E-state index contributed by atoms with van der Waals surface area (Å²) in [6, 6.07) is 0. The molecule has 1 N–H and O–H groups in total. The Morgan fingerprint density at radius 2 is 2.22 bits per heavy atom. The average molecular weight is 251 g/mol. The van der Waals surface area contributed by atoms with Crippen LogP contribution >= 0.6 is 0 Å². The van der Waals surface area contributed by atoms with Crippen LogP contribution in [0.4, 0.5) is 0 Å². The Kier molecular flexibility index (Phi) is 3.35. The molecule has 0 aromatic carbocycles. The molecule has 1 aliphatic heterocycles. The van der Waals surface area contributed by atoms with Crippen LogP contribution in [0.3, 0.4) is 0 Å². The van der Waals surface area contributed by atoms with Crippen molar-refractivity contribution in [1.29, 1.82) is 0 Å². The molecule has 5 nitrogen and oxygen atoms in total. The molecular weight excluding hydrogens is 230 g/mol. The molecule has 1 saturated heterocycles. The van der Waals surface area contributed by atoms with E-state index in [0.717, 1.165) is 44.3 Å². The molecule has 3 rings (SSSR count). The lowest BCUT2D eigenvalue weighted by atomic mass is 9.93. The van der Waals surface area contributed by atoms with Crippen LogP contribution in [0.2, 0.25) is 0 Å². The number of aliphatic hydroxyl groups is 1. The number of aliphatic hydroxyl groups excluding tert-OH is 1. The third-order valence-electron chi connectivity index (χ3n) is 3.99. The molecule has 2 aliphatic rings. The molecule has 1 aromatic rings. The number of likely N-dealkylation sites (tertiary alicyclic amines) is 1. The van der Waals surface area contributed by atoms with Gasteiger partial charge in [-0.15, -0.1) is 10.2 Å². The quantitative estimate of drug-likeness (QED) is 0.879. The Morgan fingerprint density at radius 3 is 2.94 bits per heavy atom. The van der Waals surface area contributed by atoms with Gasteiger partial charge in [0, 0.05) is 12.5 Å². The summed E-state index contributed by atoms with van der Waals surface area (Å²) in [5.74, 6) is 2.44. The summed E-state index contributed by atoms with van der Waals surface area (Å²) in [5, 5.41) is 17.9. The average Bonchev–Trinajstić information content (AvgIpc) is 3.11. The lowest BCUT2D eigenvalue weighted by Gasteiger charge is -2.33. The van der Waals surface area contributed by atoms with E-state index in [9.17, 15) is 5.11 Å². The lowest BCUT2D eigenvalue weighted by molar-refractivity contribution is 0.0563. The third kappa shape index (κ3) is 2.72. The number of nitrogens with zero attached hydrogens (tertiary/aromatic N) is 3. The predicted molar refractivity (Wildman–Crippen MR) is 66.0 cm³/mol. The second-order valence-corrected chi connectivity index (χ2v) is 5.69. The Morgan fingerprint density at radius 1 is 1.39 bits per heavy atom. The largest absolute Gasteiger partial charge is 0.424 e. The highest BCUT2D eigenvalue weighted by Crippen LogP contribution is 2.39. The van der Waals surface area contributed by atoms with Crippen LogP contribution in [0.15, 0.2) is 4.42 Å². The molecule has 5 heteroatoms. The SMILES string of the molecule is C[C@@H](O)[C@@H]1CCCN(Cc2nnc(C3CC3)o2)C1. The Hall–Kier alpha value is -0.940. The Balaban J connectivity index is 1.57. The smallest absolute Gasteiger partial charge is 0.230 e. The van der Waals surface area contributed by atoms with Crippen molar-refractivity contribution in [1.82, 2.24) is 15.1 Å². The van der Waals surface area contributed by atoms with Crippen molar-refractivity contribution in [3.05, 3.63) is 11.8 Å². The zero-order valence-corrected chi connectivity index (χ0v) is 10.9. The van der Waals surface area contributed by atoms with E-state index in [4.69, 9.17) is 4.42 Å². The van der Waals surface area contributed by atoms with Crippen LogP contribution in [-0.4, -0.2) is 39.4 Å². The van der Waals surface area contributed by atoms with Crippen molar-refractivity contribution in [2.45, 2.75) is 51.2 Å². The van der Waals surface area contributed by atoms with Crippen LogP contribution in [0, 0.1) is 5.92 Å². The fourth-order valence-corrected chi connectivity index (χ4v) is 2.65. The molecule has 0 radical (unpaired) electrons. The van der Waals surface area contributed by atoms with E-state index in [-0.39, 0.29) is 6.10 Å². The third-order valence-corrected chi connectivity index (χ3v) is 3.99. The Bertz CT molecular complexity index is 401. The second kappa shape index (κ2) is 4.97. The van der Waals surface area contributed by atoms with Crippen molar-refractivity contribution in [3.8, 4) is 0 Å². The van der Waals surface area contributed by atoms with Crippen molar-refractivity contribution < 1.29 is 9.52 Å². The molecule has 18 heavy (non-hydrogen) atoms. The molecule has 2 atom stereocenters. The normalized spacial score (nSPS) is 27.3. The highest BCUT2D eigenvalue weighted by Gasteiger charge is 2.30. The van der Waals surface area contributed by atoms with Gasteiger partial charge in [0.1, 0.15) is 0 Å². The maximum absolute atomic E-state index is 9.67. The van der Waals surface area contributed by atoms with Gasteiger partial charge in [0.05, 0.1) is 12.6 Å². The first-order chi connectivity index (χ1) is 8.72. The molecule has 100 valence electrons. The molecule has 1 aliphatic carbocycles. The van der Waals surface area contributed by atoms with Crippen molar-refractivity contribution in [2.75, 3.05) is 13.1 Å². The van der Waals surface area contributed by atoms with E-state index in [1.807, 2.05) is 6.92 Å². The minimum atomic E-state index is -0.225. The van der Waals surface area contributed by atoms with Crippen LogP contribution in [-0.2, 0) is 6.54 Å². The molecule has 0 bridgehead atoms. The molecule has 2 heterocycles. The summed E-state index contributed by atoms with van der Waals surface area (Å²) >= 11 is 0. The maximum atomic E-state index is 9.67. The summed E-state index contributed by atoms with van der Waals surface area (Å²) in [5.41, 5.74) is 0. The molecule has 2 fully saturated rings. The second-order valence-electron chi connectivity index (χ2n) is 5.69. The van der Waals surface area contributed by atoms with E-state index >= 15 is 0 Å². The van der Waals surface area contributed by atoms with Gasteiger partial charge in [-0.3, -0.25) is 4.90 Å². The van der Waals surface area contributed by atoms with Crippen LogP contribution < -0.4 is 0 Å². The predicted octanol–water partition coefficient (Wildman–Crippen LogP) is 1.54. The zero-order chi connectivity index (χ0) is 12.5. The van der Waals surface area contributed by atoms with Gasteiger partial charge < -0.3 is 9.52 Å². The number of hydrogen-bond acceptors (Lipinski definition) is 5. The van der Waals surface area contributed by atoms with E-state index in [0.29, 0.717) is 11.8 Å². The van der Waals surface area contributed by atoms with Crippen LogP contribution in [0.1, 0.15) is 50.3 Å². The van der Waals surface area contributed by atoms with Gasteiger partial charge >= 0.3 is 0 Å². The van der Waals surface area contributed by atoms with Gasteiger partial charge in [-0.2, -0.15) is 0 Å². The van der Waals surface area contributed by atoms with E-state index in [1.54, 1.807) is 0 Å². The Labute approximate surface area is 107 Å². The fourth-order valence-electron chi connectivity index (χ4n) is 2.65. The monoisotopic (exact) mass is 251 g/mol. The molecular formula is C13H21N3O2. The van der Waals surface area contributed by atoms with E-state index in [1.165, 1.54) is 12.8 Å². The summed E-state index contributed by atoms with van der Waals surface area (Å²) in [6.45, 7) is 4.60.